The number of methoxy groups -OCH3 is 2. The molecular formula is C11H17N3O3. The van der Waals surface area contributed by atoms with E-state index in [0.29, 0.717) is 18.4 Å². The second-order valence-corrected chi connectivity index (χ2v) is 3.40. The van der Waals surface area contributed by atoms with Crippen LogP contribution in [-0.2, 0) is 9.53 Å². The van der Waals surface area contributed by atoms with Crippen molar-refractivity contribution in [1.82, 2.24) is 9.97 Å². The lowest BCUT2D eigenvalue weighted by atomic mass is 10.4. The number of anilines is 1. The first-order valence-electron chi connectivity index (χ1n) is 5.40. The van der Waals surface area contributed by atoms with E-state index in [1.165, 1.54) is 14.2 Å². The summed E-state index contributed by atoms with van der Waals surface area (Å²) < 4.78 is 9.66. The van der Waals surface area contributed by atoms with Crippen LogP contribution in [0, 0.1) is 0 Å². The van der Waals surface area contributed by atoms with Crippen LogP contribution in [-0.4, -0.2) is 43.2 Å². The van der Waals surface area contributed by atoms with Crippen LogP contribution in [0.2, 0.25) is 0 Å². The maximum absolute atomic E-state index is 11.3. The van der Waals surface area contributed by atoms with Crippen LogP contribution in [0.5, 0.6) is 5.88 Å². The molecule has 0 amide bonds. The predicted octanol–water partition coefficient (Wildman–Crippen LogP) is 0.875. The van der Waals surface area contributed by atoms with Crippen molar-refractivity contribution in [3.05, 3.63) is 12.3 Å². The van der Waals surface area contributed by atoms with Gasteiger partial charge >= 0.3 is 5.97 Å². The summed E-state index contributed by atoms with van der Waals surface area (Å²) in [4.78, 5) is 21.3. The molecule has 0 saturated heterocycles. The quantitative estimate of drug-likeness (QED) is 0.686. The number of carbonyl (C=O) groups excluding carboxylic acids is 1. The van der Waals surface area contributed by atoms with Crippen molar-refractivity contribution in [3.8, 4) is 5.88 Å². The molecule has 1 heterocycles. The number of hydrogen-bond donors (Lipinski definition) is 0. The molecule has 0 aliphatic heterocycles. The Kier molecular flexibility index (Phi) is 5.19. The van der Waals surface area contributed by atoms with Crippen molar-refractivity contribution in [2.45, 2.75) is 13.3 Å². The zero-order valence-corrected chi connectivity index (χ0v) is 10.3. The molecule has 1 rings (SSSR count). The highest BCUT2D eigenvalue weighted by Crippen LogP contribution is 2.12. The van der Waals surface area contributed by atoms with E-state index in [9.17, 15) is 4.79 Å². The fourth-order valence-electron chi connectivity index (χ4n) is 1.34. The predicted molar refractivity (Wildman–Crippen MR) is 63.1 cm³/mol. The maximum atomic E-state index is 11.3. The topological polar surface area (TPSA) is 64.6 Å². The molecule has 0 unspecified atom stereocenters. The fraction of sp³-hybridized carbons (Fsp3) is 0.545. The van der Waals surface area contributed by atoms with Crippen molar-refractivity contribution in [2.24, 2.45) is 0 Å². The standard InChI is InChI=1S/C11H17N3O3/c1-4-7-14(8-10(15)17-3)11-12-6-5-9(13-11)16-2/h5-6H,4,7-8H2,1-3H3. The van der Waals surface area contributed by atoms with Gasteiger partial charge in [-0.1, -0.05) is 6.92 Å². The lowest BCUT2D eigenvalue weighted by Crippen LogP contribution is -2.32. The van der Waals surface area contributed by atoms with Crippen LogP contribution >= 0.6 is 0 Å². The van der Waals surface area contributed by atoms with Gasteiger partial charge in [0.2, 0.25) is 11.8 Å². The molecule has 0 spiro atoms. The molecule has 0 aliphatic rings. The monoisotopic (exact) mass is 239 g/mol. The van der Waals surface area contributed by atoms with E-state index >= 15 is 0 Å². The zero-order valence-electron chi connectivity index (χ0n) is 10.3. The number of rotatable bonds is 6. The zero-order chi connectivity index (χ0) is 12.7. The summed E-state index contributed by atoms with van der Waals surface area (Å²) in [5.74, 6) is 0.627. The van der Waals surface area contributed by atoms with E-state index in [1.807, 2.05) is 6.92 Å². The second-order valence-electron chi connectivity index (χ2n) is 3.40. The normalized spacial score (nSPS) is 9.82. The highest BCUT2D eigenvalue weighted by Gasteiger charge is 2.14. The minimum atomic E-state index is -0.315. The van der Waals surface area contributed by atoms with Crippen LogP contribution < -0.4 is 9.64 Å². The number of ether oxygens (including phenoxy) is 2. The van der Waals surface area contributed by atoms with E-state index in [-0.39, 0.29) is 12.5 Å². The van der Waals surface area contributed by atoms with Crippen molar-refractivity contribution in [2.75, 3.05) is 32.2 Å². The average Bonchev–Trinajstić information content (AvgIpc) is 2.38. The Morgan fingerprint density at radius 2 is 2.24 bits per heavy atom. The van der Waals surface area contributed by atoms with Crippen LogP contribution in [0.15, 0.2) is 12.3 Å². The van der Waals surface area contributed by atoms with Crippen LogP contribution in [0.25, 0.3) is 0 Å². The Morgan fingerprint density at radius 3 is 2.82 bits per heavy atom. The van der Waals surface area contributed by atoms with Gasteiger partial charge in [-0.25, -0.2) is 4.98 Å². The SMILES string of the molecule is CCCN(CC(=O)OC)c1nccc(OC)n1. The Bertz CT molecular complexity index is 371. The molecule has 94 valence electrons. The Labute approximate surface area is 101 Å². The van der Waals surface area contributed by atoms with Gasteiger partial charge in [-0.2, -0.15) is 4.98 Å². The summed E-state index contributed by atoms with van der Waals surface area (Å²) >= 11 is 0. The summed E-state index contributed by atoms with van der Waals surface area (Å²) in [6, 6.07) is 1.66. The molecule has 0 aromatic carbocycles. The number of carbonyl (C=O) groups is 1. The van der Waals surface area contributed by atoms with E-state index in [0.717, 1.165) is 6.42 Å². The smallest absolute Gasteiger partial charge is 0.325 e. The first-order valence-corrected chi connectivity index (χ1v) is 5.40. The molecule has 0 radical (unpaired) electrons. The summed E-state index contributed by atoms with van der Waals surface area (Å²) in [6.07, 6.45) is 2.48. The van der Waals surface area contributed by atoms with Crippen LogP contribution in [0.1, 0.15) is 13.3 Å². The summed E-state index contributed by atoms with van der Waals surface area (Å²) in [7, 11) is 2.90. The Morgan fingerprint density at radius 1 is 1.47 bits per heavy atom. The van der Waals surface area contributed by atoms with Crippen LogP contribution in [0.4, 0.5) is 5.95 Å². The molecule has 0 saturated carbocycles. The number of aromatic nitrogens is 2. The molecule has 6 nitrogen and oxygen atoms in total. The third-order valence-corrected chi connectivity index (χ3v) is 2.15. The highest BCUT2D eigenvalue weighted by atomic mass is 16.5. The minimum absolute atomic E-state index is 0.136. The van der Waals surface area contributed by atoms with Gasteiger partial charge in [-0.3, -0.25) is 4.79 Å². The van der Waals surface area contributed by atoms with Gasteiger partial charge in [0.1, 0.15) is 6.54 Å². The van der Waals surface area contributed by atoms with Gasteiger partial charge in [-0.05, 0) is 6.42 Å². The van der Waals surface area contributed by atoms with E-state index in [1.54, 1.807) is 17.2 Å². The van der Waals surface area contributed by atoms with Gasteiger partial charge in [0.25, 0.3) is 0 Å². The van der Waals surface area contributed by atoms with Crippen molar-refractivity contribution in [3.63, 3.8) is 0 Å². The van der Waals surface area contributed by atoms with Crippen molar-refractivity contribution in [1.29, 1.82) is 0 Å². The molecule has 0 aliphatic carbocycles. The fourth-order valence-corrected chi connectivity index (χ4v) is 1.34. The van der Waals surface area contributed by atoms with Crippen LogP contribution in [0.3, 0.4) is 0 Å². The molecule has 17 heavy (non-hydrogen) atoms. The first-order chi connectivity index (χ1) is 8.21. The molecule has 1 aromatic heterocycles. The summed E-state index contributed by atoms with van der Waals surface area (Å²) in [5, 5.41) is 0. The largest absolute Gasteiger partial charge is 0.481 e. The van der Waals surface area contributed by atoms with E-state index in [4.69, 9.17) is 4.74 Å². The average molecular weight is 239 g/mol. The van der Waals surface area contributed by atoms with Gasteiger partial charge in [-0.15, -0.1) is 0 Å². The van der Waals surface area contributed by atoms with Gasteiger partial charge in [0.05, 0.1) is 14.2 Å². The first kappa shape index (κ1) is 13.2. The van der Waals surface area contributed by atoms with Gasteiger partial charge in [0.15, 0.2) is 0 Å². The highest BCUT2D eigenvalue weighted by molar-refractivity contribution is 5.74. The molecule has 1 aromatic rings. The lowest BCUT2D eigenvalue weighted by Gasteiger charge is -2.20. The third-order valence-electron chi connectivity index (χ3n) is 2.15. The minimum Gasteiger partial charge on any atom is -0.481 e. The summed E-state index contributed by atoms with van der Waals surface area (Å²) in [5.41, 5.74) is 0. The molecule has 6 heteroatoms. The third kappa shape index (κ3) is 3.90. The van der Waals surface area contributed by atoms with Crippen molar-refractivity contribution < 1.29 is 14.3 Å². The molecular weight excluding hydrogens is 222 g/mol. The number of nitrogens with zero attached hydrogens (tertiary/aromatic N) is 3. The second kappa shape index (κ2) is 6.67. The summed E-state index contributed by atoms with van der Waals surface area (Å²) in [6.45, 7) is 2.84. The lowest BCUT2D eigenvalue weighted by molar-refractivity contribution is -0.138. The van der Waals surface area contributed by atoms with Gasteiger partial charge < -0.3 is 14.4 Å². The number of hydrogen-bond acceptors (Lipinski definition) is 6. The van der Waals surface area contributed by atoms with E-state index in [2.05, 4.69) is 14.7 Å². The Hall–Kier alpha value is -1.85. The molecule has 0 atom stereocenters. The van der Waals surface area contributed by atoms with E-state index < -0.39 is 0 Å². The maximum Gasteiger partial charge on any atom is 0.325 e. The Balaban J connectivity index is 2.84. The van der Waals surface area contributed by atoms with Gasteiger partial charge in [0, 0.05) is 18.8 Å². The molecule has 0 bridgehead atoms. The van der Waals surface area contributed by atoms with Crippen molar-refractivity contribution >= 4 is 11.9 Å². The number of esters is 1. The molecule has 0 N–H and O–H groups in total. The molecule has 0 fully saturated rings.